The van der Waals surface area contributed by atoms with E-state index in [1.165, 1.54) is 11.8 Å². The van der Waals surface area contributed by atoms with Crippen LogP contribution in [-0.4, -0.2) is 51.5 Å². The summed E-state index contributed by atoms with van der Waals surface area (Å²) in [4.78, 5) is 2.28. The minimum atomic E-state index is -2.89. The van der Waals surface area contributed by atoms with Crippen molar-refractivity contribution >= 4 is 9.84 Å². The molecule has 0 heterocycles. The van der Waals surface area contributed by atoms with E-state index in [0.29, 0.717) is 0 Å². The summed E-state index contributed by atoms with van der Waals surface area (Å²) in [7, 11) is -0.786. The summed E-state index contributed by atoms with van der Waals surface area (Å²) < 4.78 is 22.3. The van der Waals surface area contributed by atoms with Gasteiger partial charge in [-0.25, -0.2) is 8.42 Å². The van der Waals surface area contributed by atoms with Crippen LogP contribution >= 0.6 is 0 Å². The van der Waals surface area contributed by atoms with Crippen molar-refractivity contribution in [1.29, 1.82) is 0 Å². The highest BCUT2D eigenvalue weighted by atomic mass is 32.2. The van der Waals surface area contributed by atoms with Gasteiger partial charge in [-0.05, 0) is 39.0 Å². The van der Waals surface area contributed by atoms with Crippen LogP contribution in [0.2, 0.25) is 0 Å². The maximum atomic E-state index is 11.1. The van der Waals surface area contributed by atoms with Crippen LogP contribution in [0.25, 0.3) is 0 Å². The van der Waals surface area contributed by atoms with Gasteiger partial charge in [-0.15, -0.1) is 0 Å². The fraction of sp³-hybridized carbons (Fsp3) is 0.600. The van der Waals surface area contributed by atoms with Gasteiger partial charge in [-0.3, -0.25) is 0 Å². The molecule has 1 rings (SSSR count). The quantitative estimate of drug-likeness (QED) is 0.703. The van der Waals surface area contributed by atoms with Gasteiger partial charge < -0.3 is 10.2 Å². The molecule has 1 atom stereocenters. The minimum absolute atomic E-state index is 0.0180. The summed E-state index contributed by atoms with van der Waals surface area (Å²) in [5.41, 5.74) is 1.31. The fourth-order valence-corrected chi connectivity index (χ4v) is 3.21. The summed E-state index contributed by atoms with van der Waals surface area (Å²) in [6.07, 6.45) is 2.29. The number of sulfone groups is 1. The van der Waals surface area contributed by atoms with Gasteiger partial charge in [0.15, 0.2) is 0 Å². The number of rotatable bonds is 9. The molecule has 4 nitrogen and oxygen atoms in total. The Hall–Kier alpha value is -0.910. The standard InChI is InChI=1S/C15H26N2O2S/c1-14(13-20(3,18)19)16-10-7-11-17(2)12-15-8-5-4-6-9-15/h4-6,8-9,14,16H,7,10-13H2,1-3H3. The van der Waals surface area contributed by atoms with Crippen molar-refractivity contribution in [3.05, 3.63) is 35.9 Å². The van der Waals surface area contributed by atoms with E-state index < -0.39 is 9.84 Å². The van der Waals surface area contributed by atoms with E-state index in [4.69, 9.17) is 0 Å². The molecule has 1 aromatic carbocycles. The number of benzene rings is 1. The molecule has 0 radical (unpaired) electrons. The molecule has 1 N–H and O–H groups in total. The maximum absolute atomic E-state index is 11.1. The Morgan fingerprint density at radius 2 is 1.90 bits per heavy atom. The van der Waals surface area contributed by atoms with Gasteiger partial charge in [-0.2, -0.15) is 0 Å². The zero-order chi connectivity index (χ0) is 15.0. The van der Waals surface area contributed by atoms with E-state index >= 15 is 0 Å². The van der Waals surface area contributed by atoms with E-state index in [9.17, 15) is 8.42 Å². The molecule has 0 aliphatic rings. The average molecular weight is 298 g/mol. The lowest BCUT2D eigenvalue weighted by Gasteiger charge is -2.18. The van der Waals surface area contributed by atoms with Crippen molar-refractivity contribution in [2.24, 2.45) is 0 Å². The Labute approximate surface area is 123 Å². The molecular weight excluding hydrogens is 272 g/mol. The van der Waals surface area contributed by atoms with Crippen LogP contribution in [0.15, 0.2) is 30.3 Å². The Morgan fingerprint density at radius 1 is 1.25 bits per heavy atom. The molecule has 0 aromatic heterocycles. The van der Waals surface area contributed by atoms with E-state index in [1.807, 2.05) is 13.0 Å². The molecule has 0 saturated heterocycles. The lowest BCUT2D eigenvalue weighted by atomic mass is 10.2. The zero-order valence-electron chi connectivity index (χ0n) is 12.7. The first-order valence-corrected chi connectivity index (χ1v) is 9.06. The van der Waals surface area contributed by atoms with Gasteiger partial charge in [0, 0.05) is 18.8 Å². The summed E-state index contributed by atoms with van der Waals surface area (Å²) in [6, 6.07) is 10.4. The van der Waals surface area contributed by atoms with Gasteiger partial charge in [0.2, 0.25) is 0 Å². The second kappa shape index (κ2) is 8.39. The maximum Gasteiger partial charge on any atom is 0.148 e. The van der Waals surface area contributed by atoms with Crippen molar-refractivity contribution in [2.45, 2.75) is 25.9 Å². The third-order valence-corrected chi connectivity index (χ3v) is 4.16. The first-order valence-electron chi connectivity index (χ1n) is 7.00. The Morgan fingerprint density at radius 3 is 2.50 bits per heavy atom. The molecule has 0 saturated carbocycles. The van der Waals surface area contributed by atoms with Gasteiger partial charge in [0.25, 0.3) is 0 Å². The summed E-state index contributed by atoms with van der Waals surface area (Å²) in [6.45, 7) is 4.69. The molecule has 20 heavy (non-hydrogen) atoms. The van der Waals surface area contributed by atoms with E-state index in [0.717, 1.165) is 26.1 Å². The van der Waals surface area contributed by atoms with Crippen LogP contribution < -0.4 is 5.32 Å². The van der Waals surface area contributed by atoms with Crippen molar-refractivity contribution in [3.63, 3.8) is 0 Å². The molecule has 114 valence electrons. The number of nitrogens with zero attached hydrogens (tertiary/aromatic N) is 1. The number of hydrogen-bond acceptors (Lipinski definition) is 4. The molecule has 0 aliphatic carbocycles. The largest absolute Gasteiger partial charge is 0.313 e. The Kier molecular flexibility index (Phi) is 7.19. The highest BCUT2D eigenvalue weighted by Crippen LogP contribution is 2.02. The molecule has 1 aromatic rings. The first-order chi connectivity index (χ1) is 9.37. The van der Waals surface area contributed by atoms with Crippen molar-refractivity contribution < 1.29 is 8.42 Å². The lowest BCUT2D eigenvalue weighted by molar-refractivity contribution is 0.318. The van der Waals surface area contributed by atoms with E-state index in [1.54, 1.807) is 0 Å². The molecule has 0 bridgehead atoms. The van der Waals surface area contributed by atoms with Gasteiger partial charge >= 0.3 is 0 Å². The van der Waals surface area contributed by atoms with Crippen LogP contribution in [-0.2, 0) is 16.4 Å². The summed E-state index contributed by atoms with van der Waals surface area (Å²) in [5.74, 6) is 0.201. The molecule has 1 unspecified atom stereocenters. The number of hydrogen-bond donors (Lipinski definition) is 1. The first kappa shape index (κ1) is 17.1. The zero-order valence-corrected chi connectivity index (χ0v) is 13.5. The normalized spacial score (nSPS) is 13.6. The van der Waals surface area contributed by atoms with Crippen molar-refractivity contribution in [2.75, 3.05) is 32.1 Å². The molecule has 0 amide bonds. The highest BCUT2D eigenvalue weighted by molar-refractivity contribution is 7.90. The molecule has 0 fully saturated rings. The van der Waals surface area contributed by atoms with Crippen LogP contribution in [0.3, 0.4) is 0 Å². The topological polar surface area (TPSA) is 49.4 Å². The van der Waals surface area contributed by atoms with Crippen LogP contribution in [0.1, 0.15) is 18.9 Å². The highest BCUT2D eigenvalue weighted by Gasteiger charge is 2.09. The van der Waals surface area contributed by atoms with Crippen LogP contribution in [0.4, 0.5) is 0 Å². The van der Waals surface area contributed by atoms with Gasteiger partial charge in [-0.1, -0.05) is 30.3 Å². The predicted molar refractivity (Wildman–Crippen MR) is 84.6 cm³/mol. The Balaban J connectivity index is 2.15. The van der Waals surface area contributed by atoms with Crippen molar-refractivity contribution in [1.82, 2.24) is 10.2 Å². The van der Waals surface area contributed by atoms with E-state index in [2.05, 4.69) is 41.5 Å². The van der Waals surface area contributed by atoms with Crippen LogP contribution in [0, 0.1) is 0 Å². The fourth-order valence-electron chi connectivity index (χ4n) is 2.18. The second-order valence-electron chi connectivity index (χ2n) is 5.52. The minimum Gasteiger partial charge on any atom is -0.313 e. The SMILES string of the molecule is CC(CS(C)(=O)=O)NCCCN(C)Cc1ccccc1. The third-order valence-electron chi connectivity index (χ3n) is 3.06. The molecule has 5 heteroatoms. The number of nitrogens with one attached hydrogen (secondary N) is 1. The summed E-state index contributed by atoms with van der Waals surface area (Å²) in [5, 5.41) is 3.25. The van der Waals surface area contributed by atoms with Crippen LogP contribution in [0.5, 0.6) is 0 Å². The summed E-state index contributed by atoms with van der Waals surface area (Å²) >= 11 is 0. The smallest absolute Gasteiger partial charge is 0.148 e. The Bertz CT molecular complexity index is 474. The monoisotopic (exact) mass is 298 g/mol. The van der Waals surface area contributed by atoms with E-state index in [-0.39, 0.29) is 11.8 Å². The average Bonchev–Trinajstić information content (AvgIpc) is 2.34. The molecular formula is C15H26N2O2S. The van der Waals surface area contributed by atoms with Gasteiger partial charge in [0.05, 0.1) is 5.75 Å². The molecule has 0 spiro atoms. The second-order valence-corrected chi connectivity index (χ2v) is 7.71. The van der Waals surface area contributed by atoms with Crippen molar-refractivity contribution in [3.8, 4) is 0 Å². The van der Waals surface area contributed by atoms with Gasteiger partial charge in [0.1, 0.15) is 9.84 Å². The lowest BCUT2D eigenvalue weighted by Crippen LogP contribution is -2.34. The third kappa shape index (κ3) is 8.30. The predicted octanol–water partition coefficient (Wildman–Crippen LogP) is 1.53. The molecule has 0 aliphatic heterocycles.